The third-order valence-corrected chi connectivity index (χ3v) is 7.35. The van der Waals surface area contributed by atoms with E-state index in [1.54, 1.807) is 0 Å². The normalized spacial score (nSPS) is 37.8. The van der Waals surface area contributed by atoms with Gasteiger partial charge in [0, 0.05) is 11.3 Å². The van der Waals surface area contributed by atoms with Crippen molar-refractivity contribution in [3.8, 4) is 0 Å². The monoisotopic (exact) mass is 329 g/mol. The lowest BCUT2D eigenvalue weighted by Crippen LogP contribution is -2.62. The van der Waals surface area contributed by atoms with Crippen molar-refractivity contribution in [2.45, 2.75) is 63.2 Å². The summed E-state index contributed by atoms with van der Waals surface area (Å²) in [6.07, 6.45) is 9.20. The molecule has 5 rings (SSSR count). The maximum Gasteiger partial charge on any atom is 0.279 e. The first-order valence-corrected chi connectivity index (χ1v) is 10.1. The summed E-state index contributed by atoms with van der Waals surface area (Å²) in [6, 6.07) is 10.3. The topological polar surface area (TPSA) is 29.1 Å². The Hall–Kier alpha value is -0.960. The smallest absolute Gasteiger partial charge is 0.279 e. The molecule has 3 heteroatoms. The summed E-state index contributed by atoms with van der Waals surface area (Å²) >= 11 is 1.43. The van der Waals surface area contributed by atoms with E-state index in [0.717, 1.165) is 17.6 Å². The molecule has 0 spiro atoms. The van der Waals surface area contributed by atoms with Crippen molar-refractivity contribution < 1.29 is 4.79 Å². The average molecular weight is 330 g/mol. The largest absolute Gasteiger partial charge is 0.341 e. The van der Waals surface area contributed by atoms with Gasteiger partial charge in [0.15, 0.2) is 0 Å². The number of hydrogen-bond acceptors (Lipinski definition) is 2. The molecule has 4 fully saturated rings. The number of rotatable bonds is 4. The Morgan fingerprint density at radius 2 is 1.87 bits per heavy atom. The molecule has 4 saturated carbocycles. The maximum atomic E-state index is 12.5. The van der Waals surface area contributed by atoms with Crippen LogP contribution in [0.25, 0.3) is 0 Å². The van der Waals surface area contributed by atoms with Gasteiger partial charge in [-0.3, -0.25) is 4.79 Å². The predicted octanol–water partition coefficient (Wildman–Crippen LogP) is 5.38. The van der Waals surface area contributed by atoms with Crippen LogP contribution < -0.4 is 5.32 Å². The number of amides is 1. The quantitative estimate of drug-likeness (QED) is 0.803. The second-order valence-corrected chi connectivity index (χ2v) is 9.23. The van der Waals surface area contributed by atoms with E-state index >= 15 is 0 Å². The average Bonchev–Trinajstić information content (AvgIpc) is 2.52. The Kier molecular flexibility index (Phi) is 3.95. The van der Waals surface area contributed by atoms with Gasteiger partial charge in [-0.05, 0) is 61.3 Å². The number of hydrogen-bond donors (Lipinski definition) is 1. The highest BCUT2D eigenvalue weighted by Gasteiger charge is 2.57. The van der Waals surface area contributed by atoms with Crippen molar-refractivity contribution in [2.75, 3.05) is 0 Å². The third-order valence-electron chi connectivity index (χ3n) is 6.51. The fourth-order valence-corrected chi connectivity index (χ4v) is 6.77. The van der Waals surface area contributed by atoms with Crippen LogP contribution in [0.15, 0.2) is 30.3 Å². The molecule has 0 aliphatic heterocycles. The van der Waals surface area contributed by atoms with Gasteiger partial charge in [-0.15, -0.1) is 0 Å². The predicted molar refractivity (Wildman–Crippen MR) is 96.4 cm³/mol. The molecule has 2 nitrogen and oxygen atoms in total. The second kappa shape index (κ2) is 5.84. The third kappa shape index (κ3) is 3.05. The van der Waals surface area contributed by atoms with Crippen LogP contribution in [0.1, 0.15) is 57.4 Å². The second-order valence-electron chi connectivity index (χ2n) is 8.28. The molecule has 0 heterocycles. The molecule has 23 heavy (non-hydrogen) atoms. The van der Waals surface area contributed by atoms with E-state index < -0.39 is 0 Å². The van der Waals surface area contributed by atoms with Crippen molar-refractivity contribution >= 4 is 17.0 Å². The lowest BCUT2D eigenvalue weighted by molar-refractivity contribution is -0.0775. The Labute approximate surface area is 143 Å². The molecule has 0 saturated heterocycles. The number of carbonyl (C=O) groups excluding carboxylic acids is 1. The fourth-order valence-electron chi connectivity index (χ4n) is 5.99. The van der Waals surface area contributed by atoms with Crippen LogP contribution in [0.3, 0.4) is 0 Å². The summed E-state index contributed by atoms with van der Waals surface area (Å²) in [5, 5.41) is 3.66. The minimum absolute atomic E-state index is 0.112. The highest BCUT2D eigenvalue weighted by atomic mass is 32.2. The van der Waals surface area contributed by atoms with Gasteiger partial charge in [0.25, 0.3) is 5.24 Å². The van der Waals surface area contributed by atoms with E-state index in [2.05, 4.69) is 24.4 Å². The van der Waals surface area contributed by atoms with Crippen LogP contribution in [0.4, 0.5) is 4.79 Å². The first-order chi connectivity index (χ1) is 11.1. The summed E-state index contributed by atoms with van der Waals surface area (Å²) in [6.45, 7) is 2.35. The molecule has 1 N–H and O–H groups in total. The minimum atomic E-state index is 0.112. The standard InChI is InChI=1S/C20H27NOS/c1-2-19-9-16-8-17(10-19)12-20(11-16,14-19)21-18(22)23-13-15-6-4-3-5-7-15/h3-7,16-17H,2,8-14H2,1H3,(H,21,22)/t16-,17+,19?,20?. The lowest BCUT2D eigenvalue weighted by atomic mass is 9.46. The molecule has 4 aliphatic carbocycles. The zero-order valence-corrected chi connectivity index (χ0v) is 14.8. The van der Waals surface area contributed by atoms with Gasteiger partial charge in [0.2, 0.25) is 0 Å². The zero-order chi connectivity index (χ0) is 15.9. The van der Waals surface area contributed by atoms with Crippen LogP contribution in [-0.4, -0.2) is 10.8 Å². The number of carbonyl (C=O) groups is 1. The van der Waals surface area contributed by atoms with Gasteiger partial charge < -0.3 is 5.32 Å². The van der Waals surface area contributed by atoms with Gasteiger partial charge in [-0.2, -0.15) is 0 Å². The molecule has 1 amide bonds. The van der Waals surface area contributed by atoms with E-state index in [4.69, 9.17) is 0 Å². The van der Waals surface area contributed by atoms with E-state index in [1.807, 2.05) is 18.2 Å². The van der Waals surface area contributed by atoms with E-state index in [0.29, 0.717) is 5.41 Å². The lowest BCUT2D eigenvalue weighted by Gasteiger charge is -2.62. The highest BCUT2D eigenvalue weighted by molar-refractivity contribution is 8.12. The summed E-state index contributed by atoms with van der Waals surface area (Å²) in [5.74, 6) is 2.49. The van der Waals surface area contributed by atoms with Gasteiger partial charge in [-0.25, -0.2) is 0 Å². The Morgan fingerprint density at radius 3 is 2.52 bits per heavy atom. The van der Waals surface area contributed by atoms with E-state index in [1.165, 1.54) is 62.3 Å². The van der Waals surface area contributed by atoms with Crippen LogP contribution in [0, 0.1) is 17.3 Å². The SMILES string of the molecule is CCC12C[C@H]3C[C@@H](C1)CC(NC(=O)SCc1ccccc1)(C3)C2. The maximum absolute atomic E-state index is 12.5. The summed E-state index contributed by atoms with van der Waals surface area (Å²) < 4.78 is 0. The number of thioether (sulfide) groups is 1. The van der Waals surface area contributed by atoms with Gasteiger partial charge in [0.05, 0.1) is 0 Å². The van der Waals surface area contributed by atoms with Crippen LogP contribution >= 0.6 is 11.8 Å². The van der Waals surface area contributed by atoms with Gasteiger partial charge in [-0.1, -0.05) is 55.4 Å². The molecule has 4 bridgehead atoms. The molecule has 2 unspecified atom stereocenters. The first kappa shape index (κ1) is 15.6. The summed E-state index contributed by atoms with van der Waals surface area (Å²) in [4.78, 5) is 12.5. The van der Waals surface area contributed by atoms with E-state index in [-0.39, 0.29) is 10.8 Å². The Balaban J connectivity index is 1.41. The van der Waals surface area contributed by atoms with Gasteiger partial charge in [0.1, 0.15) is 0 Å². The van der Waals surface area contributed by atoms with Crippen molar-refractivity contribution in [3.63, 3.8) is 0 Å². The fraction of sp³-hybridized carbons (Fsp3) is 0.650. The van der Waals surface area contributed by atoms with Crippen molar-refractivity contribution in [1.82, 2.24) is 5.32 Å². The molecular formula is C20H27NOS. The molecule has 4 aliphatic rings. The molecule has 0 radical (unpaired) electrons. The molecular weight excluding hydrogens is 302 g/mol. The summed E-state index contributed by atoms with van der Waals surface area (Å²) in [7, 11) is 0. The van der Waals surface area contributed by atoms with Crippen molar-refractivity contribution in [1.29, 1.82) is 0 Å². The molecule has 1 aromatic carbocycles. The van der Waals surface area contributed by atoms with Crippen LogP contribution in [0.2, 0.25) is 0 Å². The van der Waals surface area contributed by atoms with Crippen LogP contribution in [0.5, 0.6) is 0 Å². The van der Waals surface area contributed by atoms with Crippen molar-refractivity contribution in [2.24, 2.45) is 17.3 Å². The molecule has 124 valence electrons. The minimum Gasteiger partial charge on any atom is -0.341 e. The molecule has 4 atom stereocenters. The summed E-state index contributed by atoms with van der Waals surface area (Å²) in [5.41, 5.74) is 1.87. The first-order valence-electron chi connectivity index (χ1n) is 9.09. The van der Waals surface area contributed by atoms with E-state index in [9.17, 15) is 4.79 Å². The Bertz CT molecular complexity index is 571. The van der Waals surface area contributed by atoms with Crippen LogP contribution in [-0.2, 0) is 5.75 Å². The number of benzene rings is 1. The Morgan fingerprint density at radius 1 is 1.17 bits per heavy atom. The molecule has 1 aromatic rings. The zero-order valence-electron chi connectivity index (χ0n) is 14.0. The molecule has 0 aromatic heterocycles. The van der Waals surface area contributed by atoms with Crippen molar-refractivity contribution in [3.05, 3.63) is 35.9 Å². The highest BCUT2D eigenvalue weighted by Crippen LogP contribution is 2.62. The van der Waals surface area contributed by atoms with Gasteiger partial charge >= 0.3 is 0 Å². The number of nitrogens with one attached hydrogen (secondary N) is 1.